The minimum absolute atomic E-state index is 0.0389. The third-order valence-corrected chi connectivity index (χ3v) is 5.38. The molecule has 0 bridgehead atoms. The topological polar surface area (TPSA) is 102 Å². The molecule has 2 N–H and O–H groups in total. The first-order chi connectivity index (χ1) is 14.0. The number of urea groups is 1. The summed E-state index contributed by atoms with van der Waals surface area (Å²) in [5, 5.41) is 5.06. The van der Waals surface area contributed by atoms with Gasteiger partial charge in [0.2, 0.25) is 0 Å². The fraction of sp³-hybridized carbons (Fsp3) is 0.524. The quantitative estimate of drug-likeness (QED) is 0.726. The third kappa shape index (κ3) is 5.34. The molecule has 1 heterocycles. The molecule has 156 valence electrons. The van der Waals surface area contributed by atoms with Gasteiger partial charge in [0.1, 0.15) is 12.4 Å². The van der Waals surface area contributed by atoms with Gasteiger partial charge in [0.25, 0.3) is 5.91 Å². The average molecular weight is 400 g/mol. The predicted molar refractivity (Wildman–Crippen MR) is 108 cm³/mol. The van der Waals surface area contributed by atoms with E-state index in [9.17, 15) is 14.4 Å². The Labute approximate surface area is 170 Å². The van der Waals surface area contributed by atoms with E-state index in [1.165, 1.54) is 6.42 Å². The Kier molecular flexibility index (Phi) is 6.85. The largest absolute Gasteiger partial charge is 0.454 e. The number of amides is 3. The molecule has 1 aromatic carbocycles. The lowest BCUT2D eigenvalue weighted by molar-refractivity contribution is -0.148. The molecule has 0 saturated heterocycles. The Morgan fingerprint density at radius 3 is 2.72 bits per heavy atom. The van der Waals surface area contributed by atoms with Crippen LogP contribution in [0.1, 0.15) is 45.4 Å². The van der Waals surface area contributed by atoms with Crippen molar-refractivity contribution in [2.75, 3.05) is 6.61 Å². The fourth-order valence-corrected chi connectivity index (χ4v) is 3.79. The number of hydrogen-bond donors (Lipinski definition) is 2. The van der Waals surface area contributed by atoms with Gasteiger partial charge in [-0.2, -0.15) is 0 Å². The summed E-state index contributed by atoms with van der Waals surface area (Å²) in [6, 6.07) is 7.07. The van der Waals surface area contributed by atoms with Crippen LogP contribution in [0.15, 0.2) is 24.3 Å². The van der Waals surface area contributed by atoms with Crippen LogP contribution in [0.25, 0.3) is 11.0 Å². The second-order valence-corrected chi connectivity index (χ2v) is 7.51. The molecule has 29 heavy (non-hydrogen) atoms. The number of imidazole rings is 1. The van der Waals surface area contributed by atoms with Gasteiger partial charge < -0.3 is 14.6 Å². The van der Waals surface area contributed by atoms with Crippen LogP contribution in [0.5, 0.6) is 0 Å². The number of carbonyl (C=O) groups is 3. The number of benzene rings is 1. The maximum atomic E-state index is 12.2. The van der Waals surface area contributed by atoms with Crippen molar-refractivity contribution in [3.63, 3.8) is 0 Å². The first-order valence-corrected chi connectivity index (χ1v) is 10.2. The molecule has 1 saturated carbocycles. The number of aromatic nitrogens is 2. The van der Waals surface area contributed by atoms with E-state index in [-0.39, 0.29) is 12.6 Å². The van der Waals surface area contributed by atoms with E-state index in [0.717, 1.165) is 36.1 Å². The number of esters is 1. The number of fused-ring (bicyclic) bond motifs is 1. The Morgan fingerprint density at radius 2 is 1.97 bits per heavy atom. The Bertz CT molecular complexity index is 892. The number of imide groups is 1. The standard InChI is InChI=1S/C21H28N4O4/c1-3-18-22-16-10-6-7-11-17(16)25(18)12-20(27)29-13-19(26)24-21(28)23-15-9-5-4-8-14(15)2/h6-7,10-11,14-15H,3-5,8-9,12-13H2,1-2H3,(H2,23,24,26,28). The number of nitrogens with zero attached hydrogens (tertiary/aromatic N) is 2. The van der Waals surface area contributed by atoms with E-state index in [0.29, 0.717) is 12.3 Å². The minimum atomic E-state index is -0.648. The highest BCUT2D eigenvalue weighted by Crippen LogP contribution is 2.23. The van der Waals surface area contributed by atoms with E-state index in [2.05, 4.69) is 22.5 Å². The van der Waals surface area contributed by atoms with Gasteiger partial charge >= 0.3 is 12.0 Å². The number of rotatable bonds is 6. The summed E-state index contributed by atoms with van der Waals surface area (Å²) < 4.78 is 6.84. The smallest absolute Gasteiger partial charge is 0.326 e. The maximum absolute atomic E-state index is 12.2. The van der Waals surface area contributed by atoms with Gasteiger partial charge in [0, 0.05) is 12.5 Å². The highest BCUT2D eigenvalue weighted by Gasteiger charge is 2.23. The van der Waals surface area contributed by atoms with Gasteiger partial charge in [-0.15, -0.1) is 0 Å². The first kappa shape index (κ1) is 20.8. The van der Waals surface area contributed by atoms with E-state index in [1.807, 2.05) is 31.2 Å². The summed E-state index contributed by atoms with van der Waals surface area (Å²) in [6.45, 7) is 3.52. The lowest BCUT2D eigenvalue weighted by Gasteiger charge is -2.29. The third-order valence-electron chi connectivity index (χ3n) is 5.38. The highest BCUT2D eigenvalue weighted by molar-refractivity contribution is 5.95. The van der Waals surface area contributed by atoms with Gasteiger partial charge in [-0.25, -0.2) is 9.78 Å². The zero-order valence-electron chi connectivity index (χ0n) is 16.9. The number of para-hydroxylation sites is 2. The fourth-order valence-electron chi connectivity index (χ4n) is 3.79. The number of nitrogens with one attached hydrogen (secondary N) is 2. The van der Waals surface area contributed by atoms with Crippen molar-refractivity contribution in [1.29, 1.82) is 0 Å². The molecule has 8 nitrogen and oxygen atoms in total. The van der Waals surface area contributed by atoms with E-state index in [4.69, 9.17) is 4.74 Å². The lowest BCUT2D eigenvalue weighted by Crippen LogP contribution is -2.48. The Morgan fingerprint density at radius 1 is 1.21 bits per heavy atom. The Hall–Kier alpha value is -2.90. The number of hydrogen-bond acceptors (Lipinski definition) is 5. The number of ether oxygens (including phenoxy) is 1. The van der Waals surface area contributed by atoms with Crippen LogP contribution < -0.4 is 10.6 Å². The van der Waals surface area contributed by atoms with Gasteiger partial charge in [0.05, 0.1) is 11.0 Å². The van der Waals surface area contributed by atoms with Crippen molar-refractivity contribution in [3.05, 3.63) is 30.1 Å². The number of carbonyl (C=O) groups excluding carboxylic acids is 3. The molecule has 1 aromatic heterocycles. The van der Waals surface area contributed by atoms with Crippen molar-refractivity contribution < 1.29 is 19.1 Å². The molecule has 1 fully saturated rings. The molecule has 2 unspecified atom stereocenters. The van der Waals surface area contributed by atoms with Crippen molar-refractivity contribution in [2.24, 2.45) is 5.92 Å². The van der Waals surface area contributed by atoms with Crippen LogP contribution in [-0.4, -0.2) is 40.1 Å². The van der Waals surface area contributed by atoms with Crippen molar-refractivity contribution >= 4 is 28.9 Å². The molecular weight excluding hydrogens is 372 g/mol. The van der Waals surface area contributed by atoms with Gasteiger partial charge in [-0.05, 0) is 30.9 Å². The highest BCUT2D eigenvalue weighted by atomic mass is 16.5. The molecule has 8 heteroatoms. The minimum Gasteiger partial charge on any atom is -0.454 e. The van der Waals surface area contributed by atoms with Gasteiger partial charge in [-0.3, -0.25) is 14.9 Å². The van der Waals surface area contributed by atoms with Crippen LogP contribution in [0.4, 0.5) is 4.79 Å². The van der Waals surface area contributed by atoms with Crippen LogP contribution >= 0.6 is 0 Å². The average Bonchev–Trinajstić information content (AvgIpc) is 3.06. The molecule has 0 aliphatic heterocycles. The number of aryl methyl sites for hydroxylation is 1. The zero-order valence-corrected chi connectivity index (χ0v) is 16.9. The molecular formula is C21H28N4O4. The molecule has 0 spiro atoms. The van der Waals surface area contributed by atoms with Crippen LogP contribution in [0.2, 0.25) is 0 Å². The lowest BCUT2D eigenvalue weighted by atomic mass is 9.86. The van der Waals surface area contributed by atoms with Crippen LogP contribution in [0, 0.1) is 5.92 Å². The second kappa shape index (κ2) is 9.54. The zero-order chi connectivity index (χ0) is 20.8. The van der Waals surface area contributed by atoms with Crippen LogP contribution in [-0.2, 0) is 27.3 Å². The normalized spacial score (nSPS) is 19.0. The first-order valence-electron chi connectivity index (χ1n) is 10.2. The summed E-state index contributed by atoms with van der Waals surface area (Å²) in [7, 11) is 0. The summed E-state index contributed by atoms with van der Waals surface area (Å²) in [4.78, 5) is 40.7. The van der Waals surface area contributed by atoms with Crippen molar-refractivity contribution in [2.45, 2.75) is 58.5 Å². The summed E-state index contributed by atoms with van der Waals surface area (Å²) in [6.07, 6.45) is 4.89. The predicted octanol–water partition coefficient (Wildman–Crippen LogP) is 2.55. The van der Waals surface area contributed by atoms with Gasteiger partial charge in [-0.1, -0.05) is 38.8 Å². The molecule has 0 radical (unpaired) electrons. The van der Waals surface area contributed by atoms with E-state index < -0.39 is 24.5 Å². The van der Waals surface area contributed by atoms with Crippen molar-refractivity contribution in [3.8, 4) is 0 Å². The molecule has 2 atom stereocenters. The Balaban J connectivity index is 1.48. The summed E-state index contributed by atoms with van der Waals surface area (Å²) in [5.41, 5.74) is 1.65. The van der Waals surface area contributed by atoms with E-state index in [1.54, 1.807) is 4.57 Å². The van der Waals surface area contributed by atoms with Gasteiger partial charge in [0.15, 0.2) is 6.61 Å². The monoisotopic (exact) mass is 400 g/mol. The van der Waals surface area contributed by atoms with E-state index >= 15 is 0 Å². The molecule has 3 rings (SSSR count). The van der Waals surface area contributed by atoms with Crippen LogP contribution in [0.3, 0.4) is 0 Å². The SMILES string of the molecule is CCc1nc2ccccc2n1CC(=O)OCC(=O)NC(=O)NC1CCCCC1C. The second-order valence-electron chi connectivity index (χ2n) is 7.51. The molecule has 2 aromatic rings. The van der Waals surface area contributed by atoms with Crippen molar-refractivity contribution in [1.82, 2.24) is 20.2 Å². The summed E-state index contributed by atoms with van der Waals surface area (Å²) >= 11 is 0. The molecule has 1 aliphatic rings. The molecule has 3 amide bonds. The summed E-state index contributed by atoms with van der Waals surface area (Å²) in [5.74, 6) is -0.0430. The maximum Gasteiger partial charge on any atom is 0.326 e. The molecule has 1 aliphatic carbocycles.